The van der Waals surface area contributed by atoms with Crippen molar-refractivity contribution < 1.29 is 4.79 Å². The van der Waals surface area contributed by atoms with Crippen molar-refractivity contribution in [3.8, 4) is 0 Å². The van der Waals surface area contributed by atoms with Gasteiger partial charge in [-0.25, -0.2) is 0 Å². The van der Waals surface area contributed by atoms with Crippen LogP contribution < -0.4 is 4.90 Å². The lowest BCUT2D eigenvalue weighted by Crippen LogP contribution is -2.29. The molecule has 0 amide bonds. The number of rotatable bonds is 3. The largest absolute Gasteiger partial charge is 0.364 e. The maximum absolute atomic E-state index is 11.5. The zero-order chi connectivity index (χ0) is 14.1. The van der Waals surface area contributed by atoms with Crippen molar-refractivity contribution in [1.82, 2.24) is 20.2 Å². The molecule has 3 rings (SSSR count). The van der Waals surface area contributed by atoms with Crippen LogP contribution in [0.5, 0.6) is 0 Å². The van der Waals surface area contributed by atoms with E-state index in [9.17, 15) is 4.79 Å². The first-order chi connectivity index (χ1) is 9.63. The number of fused-ring (bicyclic) bond motifs is 1. The lowest BCUT2D eigenvalue weighted by atomic mass is 9.98. The van der Waals surface area contributed by atoms with Gasteiger partial charge in [-0.05, 0) is 48.7 Å². The molecular formula is C14H17N5O. The van der Waals surface area contributed by atoms with Crippen LogP contribution in [0.15, 0.2) is 18.2 Å². The Morgan fingerprint density at radius 3 is 2.95 bits per heavy atom. The second-order valence-electron chi connectivity index (χ2n) is 5.12. The molecule has 6 heteroatoms. The Morgan fingerprint density at radius 1 is 1.40 bits per heavy atom. The third-order valence-corrected chi connectivity index (χ3v) is 3.58. The first-order valence-electron chi connectivity index (χ1n) is 6.75. The van der Waals surface area contributed by atoms with Crippen LogP contribution in [0.25, 0.3) is 0 Å². The number of benzene rings is 1. The second kappa shape index (κ2) is 5.03. The smallest absolute Gasteiger partial charge is 0.193 e. The fourth-order valence-corrected chi connectivity index (χ4v) is 2.62. The molecule has 2 heterocycles. The van der Waals surface area contributed by atoms with Crippen LogP contribution in [-0.4, -0.2) is 32.5 Å². The van der Waals surface area contributed by atoms with Gasteiger partial charge in [0, 0.05) is 17.8 Å². The zero-order valence-corrected chi connectivity index (χ0v) is 11.7. The molecule has 0 unspecified atom stereocenters. The van der Waals surface area contributed by atoms with Gasteiger partial charge in [0.15, 0.2) is 11.6 Å². The quantitative estimate of drug-likeness (QED) is 0.789. The minimum atomic E-state index is 0.112. The Balaban J connectivity index is 1.88. The molecule has 0 atom stereocenters. The molecule has 20 heavy (non-hydrogen) atoms. The van der Waals surface area contributed by atoms with E-state index in [-0.39, 0.29) is 5.78 Å². The number of aryl methyl sites for hydroxylation is 2. The van der Waals surface area contributed by atoms with Crippen molar-refractivity contribution in [2.75, 3.05) is 11.4 Å². The van der Waals surface area contributed by atoms with Gasteiger partial charge in [0.2, 0.25) is 0 Å². The molecule has 0 radical (unpaired) electrons. The molecule has 0 saturated carbocycles. The summed E-state index contributed by atoms with van der Waals surface area (Å²) < 4.78 is 0. The summed E-state index contributed by atoms with van der Waals surface area (Å²) in [5.41, 5.74) is 3.18. The maximum atomic E-state index is 11.5. The molecule has 0 bridgehead atoms. The zero-order valence-electron chi connectivity index (χ0n) is 11.7. The summed E-state index contributed by atoms with van der Waals surface area (Å²) in [7, 11) is 1.76. The molecule has 0 spiro atoms. The summed E-state index contributed by atoms with van der Waals surface area (Å²) in [4.78, 5) is 15.2. The van der Waals surface area contributed by atoms with Crippen molar-refractivity contribution in [3.05, 3.63) is 35.2 Å². The van der Waals surface area contributed by atoms with E-state index in [1.54, 1.807) is 14.0 Å². The SMILES string of the molecule is CC(=O)c1ccc2c(c1)CCCN2Cc1nnn(C)n1. The fraction of sp³-hybridized carbons (Fsp3) is 0.429. The van der Waals surface area contributed by atoms with Gasteiger partial charge in [-0.3, -0.25) is 4.79 Å². The normalized spacial score (nSPS) is 14.2. The minimum absolute atomic E-state index is 0.112. The molecule has 0 N–H and O–H groups in total. The highest BCUT2D eigenvalue weighted by molar-refractivity contribution is 5.94. The lowest BCUT2D eigenvalue weighted by molar-refractivity contribution is 0.101. The van der Waals surface area contributed by atoms with Gasteiger partial charge in [-0.2, -0.15) is 4.80 Å². The van der Waals surface area contributed by atoms with Gasteiger partial charge in [0.1, 0.15) is 0 Å². The van der Waals surface area contributed by atoms with Gasteiger partial charge in [-0.15, -0.1) is 10.2 Å². The minimum Gasteiger partial charge on any atom is -0.364 e. The predicted molar refractivity (Wildman–Crippen MR) is 74.6 cm³/mol. The van der Waals surface area contributed by atoms with Crippen LogP contribution in [0.2, 0.25) is 0 Å². The fourth-order valence-electron chi connectivity index (χ4n) is 2.62. The highest BCUT2D eigenvalue weighted by Crippen LogP contribution is 2.29. The molecule has 1 aliphatic heterocycles. The number of tetrazole rings is 1. The van der Waals surface area contributed by atoms with Gasteiger partial charge in [0.25, 0.3) is 0 Å². The van der Waals surface area contributed by atoms with E-state index >= 15 is 0 Å². The van der Waals surface area contributed by atoms with Crippen molar-refractivity contribution in [1.29, 1.82) is 0 Å². The van der Waals surface area contributed by atoms with Crippen molar-refractivity contribution >= 4 is 11.5 Å². The monoisotopic (exact) mass is 271 g/mol. The Kier molecular flexibility index (Phi) is 3.22. The number of carbonyl (C=O) groups is 1. The van der Waals surface area contributed by atoms with E-state index in [1.807, 2.05) is 18.2 Å². The lowest BCUT2D eigenvalue weighted by Gasteiger charge is -2.30. The van der Waals surface area contributed by atoms with Crippen LogP contribution in [0.4, 0.5) is 5.69 Å². The summed E-state index contributed by atoms with van der Waals surface area (Å²) in [6, 6.07) is 5.93. The van der Waals surface area contributed by atoms with Gasteiger partial charge in [-0.1, -0.05) is 0 Å². The number of aromatic nitrogens is 4. The number of nitrogens with zero attached hydrogens (tertiary/aromatic N) is 5. The average Bonchev–Trinajstić information content (AvgIpc) is 2.84. The first-order valence-corrected chi connectivity index (χ1v) is 6.75. The number of hydrogen-bond donors (Lipinski definition) is 0. The molecule has 0 saturated heterocycles. The Morgan fingerprint density at radius 2 is 2.25 bits per heavy atom. The Hall–Kier alpha value is -2.24. The van der Waals surface area contributed by atoms with Gasteiger partial charge >= 0.3 is 0 Å². The summed E-state index contributed by atoms with van der Waals surface area (Å²) in [5.74, 6) is 0.830. The number of anilines is 1. The van der Waals surface area contributed by atoms with Crippen LogP contribution in [-0.2, 0) is 20.0 Å². The van der Waals surface area contributed by atoms with Crippen LogP contribution in [0, 0.1) is 0 Å². The molecule has 0 aliphatic carbocycles. The summed E-state index contributed by atoms with van der Waals surface area (Å²) in [5, 5.41) is 12.1. The van der Waals surface area contributed by atoms with Gasteiger partial charge < -0.3 is 4.90 Å². The topological polar surface area (TPSA) is 63.9 Å². The molecule has 1 aromatic heterocycles. The second-order valence-corrected chi connectivity index (χ2v) is 5.12. The highest BCUT2D eigenvalue weighted by Gasteiger charge is 2.19. The third kappa shape index (κ3) is 2.41. The standard InChI is InChI=1S/C14H17N5O/c1-10(20)11-5-6-13-12(8-11)4-3-7-19(13)9-14-15-17-18(2)16-14/h5-6,8H,3-4,7,9H2,1-2H3. The van der Waals surface area contributed by atoms with E-state index in [4.69, 9.17) is 0 Å². The molecular weight excluding hydrogens is 254 g/mol. The Labute approximate surface area is 117 Å². The van der Waals surface area contributed by atoms with Crippen LogP contribution in [0.1, 0.15) is 35.1 Å². The Bertz CT molecular complexity index is 649. The molecule has 0 fully saturated rings. The van der Waals surface area contributed by atoms with E-state index in [2.05, 4.69) is 20.3 Å². The molecule has 6 nitrogen and oxygen atoms in total. The molecule has 1 aromatic carbocycles. The van der Waals surface area contributed by atoms with Crippen LogP contribution >= 0.6 is 0 Å². The number of carbonyl (C=O) groups excluding carboxylic acids is 1. The van der Waals surface area contributed by atoms with E-state index in [0.29, 0.717) is 6.54 Å². The molecule has 2 aromatic rings. The van der Waals surface area contributed by atoms with Crippen molar-refractivity contribution in [2.24, 2.45) is 7.05 Å². The van der Waals surface area contributed by atoms with E-state index in [0.717, 1.165) is 30.8 Å². The molecule has 104 valence electrons. The average molecular weight is 271 g/mol. The third-order valence-electron chi connectivity index (χ3n) is 3.58. The summed E-state index contributed by atoms with van der Waals surface area (Å²) in [6.45, 7) is 3.23. The van der Waals surface area contributed by atoms with Crippen molar-refractivity contribution in [3.63, 3.8) is 0 Å². The number of ketones is 1. The van der Waals surface area contributed by atoms with E-state index < -0.39 is 0 Å². The van der Waals surface area contributed by atoms with E-state index in [1.165, 1.54) is 16.0 Å². The maximum Gasteiger partial charge on any atom is 0.193 e. The summed E-state index contributed by atoms with van der Waals surface area (Å²) in [6.07, 6.45) is 2.09. The number of Topliss-reactive ketones (excluding diaryl/α,β-unsaturated/α-hetero) is 1. The number of hydrogen-bond acceptors (Lipinski definition) is 5. The summed E-state index contributed by atoms with van der Waals surface area (Å²) >= 11 is 0. The van der Waals surface area contributed by atoms with Crippen LogP contribution in [0.3, 0.4) is 0 Å². The predicted octanol–water partition coefficient (Wildman–Crippen LogP) is 1.37. The highest BCUT2D eigenvalue weighted by atomic mass is 16.1. The van der Waals surface area contributed by atoms with Crippen molar-refractivity contribution in [2.45, 2.75) is 26.3 Å². The molecule has 1 aliphatic rings. The first kappa shape index (κ1) is 12.8. The van der Waals surface area contributed by atoms with Gasteiger partial charge in [0.05, 0.1) is 13.6 Å².